The van der Waals surface area contributed by atoms with E-state index in [1.54, 1.807) is 0 Å². The van der Waals surface area contributed by atoms with Crippen LogP contribution in [-0.2, 0) is 0 Å². The maximum Gasteiger partial charge on any atom is -0.0105 e. The van der Waals surface area contributed by atoms with Gasteiger partial charge in [0.1, 0.15) is 0 Å². The van der Waals surface area contributed by atoms with Crippen molar-refractivity contribution in [1.29, 1.82) is 0 Å². The third-order valence-corrected chi connectivity index (χ3v) is 6.27. The second-order valence-electron chi connectivity index (χ2n) is 8.25. The minimum atomic E-state index is 1.24. The molecule has 0 amide bonds. The van der Waals surface area contributed by atoms with Crippen LogP contribution in [0.5, 0.6) is 0 Å². The molecule has 32 heavy (non-hydrogen) atoms. The molecule has 6 rings (SSSR count). The lowest BCUT2D eigenvalue weighted by molar-refractivity contribution is 1.61. The summed E-state index contributed by atoms with van der Waals surface area (Å²) in [7, 11) is 0. The summed E-state index contributed by atoms with van der Waals surface area (Å²) in [5, 5.41) is 5.10. The lowest BCUT2D eigenvalue weighted by Gasteiger charge is -2.10. The van der Waals surface area contributed by atoms with E-state index in [4.69, 9.17) is 0 Å². The monoisotopic (exact) mass is 406 g/mol. The lowest BCUT2D eigenvalue weighted by atomic mass is 9.95. The largest absolute Gasteiger partial charge is 0.0622 e. The molecular formula is C32H22. The molecule has 0 aromatic heterocycles. The van der Waals surface area contributed by atoms with Gasteiger partial charge in [0, 0.05) is 0 Å². The summed E-state index contributed by atoms with van der Waals surface area (Å²) >= 11 is 0. The summed E-state index contributed by atoms with van der Waals surface area (Å²) in [6.45, 7) is 0. The van der Waals surface area contributed by atoms with Crippen LogP contribution in [0.15, 0.2) is 133 Å². The van der Waals surface area contributed by atoms with Crippen LogP contribution in [-0.4, -0.2) is 0 Å². The fraction of sp³-hybridized carbons (Fsp3) is 0. The smallest absolute Gasteiger partial charge is 0.0105 e. The van der Waals surface area contributed by atoms with Gasteiger partial charge in [-0.05, 0) is 67.1 Å². The topological polar surface area (TPSA) is 0 Å². The Labute approximate surface area is 188 Å². The fourth-order valence-electron chi connectivity index (χ4n) is 4.55. The molecule has 150 valence electrons. The molecule has 0 aliphatic heterocycles. The molecule has 0 saturated carbocycles. The molecule has 0 saturated heterocycles. The molecule has 6 aromatic rings. The standard InChI is InChI=1S/C32H22/c1-2-7-23(8-3-1)27-17-19-30-22-28(18-20-29(30)21-27)24-13-15-26(16-14-24)32-12-6-10-25-9-4-5-11-31(25)32/h1-22H. The Bertz CT molecular complexity index is 1540. The summed E-state index contributed by atoms with van der Waals surface area (Å²) < 4.78 is 0. The van der Waals surface area contributed by atoms with Gasteiger partial charge in [-0.2, -0.15) is 0 Å². The third-order valence-electron chi connectivity index (χ3n) is 6.27. The van der Waals surface area contributed by atoms with Crippen molar-refractivity contribution in [2.75, 3.05) is 0 Å². The SMILES string of the molecule is c1ccc(-c2ccc3cc(-c4ccc(-c5cccc6ccccc56)cc4)ccc3c2)cc1. The summed E-state index contributed by atoms with van der Waals surface area (Å²) in [5.41, 5.74) is 7.52. The number of benzene rings is 6. The van der Waals surface area contributed by atoms with Crippen LogP contribution in [0.4, 0.5) is 0 Å². The van der Waals surface area contributed by atoms with Gasteiger partial charge in [0.2, 0.25) is 0 Å². The van der Waals surface area contributed by atoms with Crippen LogP contribution in [0.1, 0.15) is 0 Å². The molecule has 0 spiro atoms. The minimum absolute atomic E-state index is 1.24. The first-order chi connectivity index (χ1) is 15.8. The molecule has 0 aliphatic carbocycles. The van der Waals surface area contributed by atoms with Gasteiger partial charge in [0.05, 0.1) is 0 Å². The molecule has 0 nitrogen and oxygen atoms in total. The Morgan fingerprint density at radius 3 is 1.53 bits per heavy atom. The van der Waals surface area contributed by atoms with Crippen molar-refractivity contribution < 1.29 is 0 Å². The molecule has 0 fully saturated rings. The van der Waals surface area contributed by atoms with E-state index in [-0.39, 0.29) is 0 Å². The molecular weight excluding hydrogens is 384 g/mol. The van der Waals surface area contributed by atoms with Crippen LogP contribution < -0.4 is 0 Å². The van der Waals surface area contributed by atoms with Crippen molar-refractivity contribution >= 4 is 21.5 Å². The summed E-state index contributed by atoms with van der Waals surface area (Å²) in [6, 6.07) is 48.0. The lowest BCUT2D eigenvalue weighted by Crippen LogP contribution is -1.84. The minimum Gasteiger partial charge on any atom is -0.0622 e. The van der Waals surface area contributed by atoms with Gasteiger partial charge in [-0.25, -0.2) is 0 Å². The third kappa shape index (κ3) is 3.36. The number of fused-ring (bicyclic) bond motifs is 2. The summed E-state index contributed by atoms with van der Waals surface area (Å²) in [6.07, 6.45) is 0. The first kappa shape index (κ1) is 18.6. The molecule has 0 N–H and O–H groups in total. The van der Waals surface area contributed by atoms with E-state index in [1.165, 1.54) is 54.9 Å². The molecule has 0 unspecified atom stereocenters. The zero-order valence-corrected chi connectivity index (χ0v) is 17.7. The van der Waals surface area contributed by atoms with Crippen molar-refractivity contribution in [2.24, 2.45) is 0 Å². The first-order valence-electron chi connectivity index (χ1n) is 11.0. The second kappa shape index (κ2) is 7.83. The maximum absolute atomic E-state index is 2.29. The zero-order chi connectivity index (χ0) is 21.3. The van der Waals surface area contributed by atoms with Gasteiger partial charge in [-0.1, -0.05) is 121 Å². The molecule has 0 bridgehead atoms. The number of rotatable bonds is 3. The van der Waals surface area contributed by atoms with E-state index < -0.39 is 0 Å². The molecule has 6 aromatic carbocycles. The number of hydrogen-bond donors (Lipinski definition) is 0. The van der Waals surface area contributed by atoms with Gasteiger partial charge in [-0.3, -0.25) is 0 Å². The second-order valence-corrected chi connectivity index (χ2v) is 8.25. The Morgan fingerprint density at radius 2 is 0.812 bits per heavy atom. The van der Waals surface area contributed by atoms with Crippen LogP contribution in [0.25, 0.3) is 54.9 Å². The molecule has 0 atom stereocenters. The highest BCUT2D eigenvalue weighted by atomic mass is 14.1. The van der Waals surface area contributed by atoms with Crippen LogP contribution >= 0.6 is 0 Å². The quantitative estimate of drug-likeness (QED) is 0.275. The Hall–Kier alpha value is -4.16. The first-order valence-corrected chi connectivity index (χ1v) is 11.0. The average molecular weight is 407 g/mol. The number of hydrogen-bond acceptors (Lipinski definition) is 0. The summed E-state index contributed by atoms with van der Waals surface area (Å²) in [5.74, 6) is 0. The molecule has 0 aliphatic rings. The highest BCUT2D eigenvalue weighted by molar-refractivity contribution is 5.97. The van der Waals surface area contributed by atoms with Crippen LogP contribution in [0, 0.1) is 0 Å². The van der Waals surface area contributed by atoms with Gasteiger partial charge in [0.25, 0.3) is 0 Å². The van der Waals surface area contributed by atoms with Gasteiger partial charge in [-0.15, -0.1) is 0 Å². The van der Waals surface area contributed by atoms with E-state index in [0.717, 1.165) is 0 Å². The zero-order valence-electron chi connectivity index (χ0n) is 17.7. The molecule has 0 radical (unpaired) electrons. The van der Waals surface area contributed by atoms with Gasteiger partial charge < -0.3 is 0 Å². The van der Waals surface area contributed by atoms with E-state index >= 15 is 0 Å². The normalized spacial score (nSPS) is 11.1. The van der Waals surface area contributed by atoms with Crippen LogP contribution in [0.2, 0.25) is 0 Å². The predicted octanol–water partition coefficient (Wildman–Crippen LogP) is 8.99. The van der Waals surface area contributed by atoms with E-state index in [2.05, 4.69) is 133 Å². The molecule has 0 heterocycles. The van der Waals surface area contributed by atoms with Gasteiger partial charge in [0.15, 0.2) is 0 Å². The highest BCUT2D eigenvalue weighted by Gasteiger charge is 2.06. The maximum atomic E-state index is 2.29. The van der Waals surface area contributed by atoms with E-state index in [0.29, 0.717) is 0 Å². The summed E-state index contributed by atoms with van der Waals surface area (Å²) in [4.78, 5) is 0. The van der Waals surface area contributed by atoms with Gasteiger partial charge >= 0.3 is 0 Å². The molecule has 0 heteroatoms. The Kier molecular flexibility index (Phi) is 4.55. The van der Waals surface area contributed by atoms with Crippen LogP contribution in [0.3, 0.4) is 0 Å². The van der Waals surface area contributed by atoms with Crippen molar-refractivity contribution in [2.45, 2.75) is 0 Å². The van der Waals surface area contributed by atoms with E-state index in [1.807, 2.05) is 0 Å². The van der Waals surface area contributed by atoms with E-state index in [9.17, 15) is 0 Å². The van der Waals surface area contributed by atoms with Crippen molar-refractivity contribution in [3.63, 3.8) is 0 Å². The highest BCUT2D eigenvalue weighted by Crippen LogP contribution is 2.32. The average Bonchev–Trinajstić information content (AvgIpc) is 2.88. The Morgan fingerprint density at radius 1 is 0.281 bits per heavy atom. The van der Waals surface area contributed by atoms with Crippen molar-refractivity contribution in [3.05, 3.63) is 133 Å². The Balaban J connectivity index is 1.35. The van der Waals surface area contributed by atoms with Crippen molar-refractivity contribution in [1.82, 2.24) is 0 Å². The van der Waals surface area contributed by atoms with Crippen molar-refractivity contribution in [3.8, 4) is 33.4 Å². The fourth-order valence-corrected chi connectivity index (χ4v) is 4.55. The predicted molar refractivity (Wildman–Crippen MR) is 138 cm³/mol.